The Labute approximate surface area is 173 Å². The number of amides is 1. The van der Waals surface area contributed by atoms with E-state index in [1.54, 1.807) is 24.3 Å². The van der Waals surface area contributed by atoms with Crippen LogP contribution in [0.1, 0.15) is 18.2 Å². The molecule has 8 heteroatoms. The molecular weight excluding hydrogens is 394 g/mol. The van der Waals surface area contributed by atoms with E-state index in [-0.39, 0.29) is 24.6 Å². The predicted molar refractivity (Wildman–Crippen MR) is 112 cm³/mol. The van der Waals surface area contributed by atoms with Gasteiger partial charge in [0.15, 0.2) is 11.5 Å². The summed E-state index contributed by atoms with van der Waals surface area (Å²) in [5.74, 6) is 0.624. The molecule has 1 N–H and O–H groups in total. The third-order valence-corrected chi connectivity index (χ3v) is 4.69. The maximum atomic E-state index is 12.6. The molecule has 0 spiro atoms. The van der Waals surface area contributed by atoms with Gasteiger partial charge in [0.25, 0.3) is 5.56 Å². The molecule has 0 atom stereocenters. The fraction of sp³-hybridized carbons (Fsp3) is 0.286. The lowest BCUT2D eigenvalue weighted by molar-refractivity contribution is -0.122. The van der Waals surface area contributed by atoms with E-state index in [9.17, 15) is 9.59 Å². The van der Waals surface area contributed by atoms with Crippen molar-refractivity contribution < 1.29 is 14.3 Å². The van der Waals surface area contributed by atoms with Gasteiger partial charge in [0, 0.05) is 11.9 Å². The van der Waals surface area contributed by atoms with Crippen LogP contribution < -0.4 is 20.3 Å². The Bertz CT molecular complexity index is 1110. The second-order valence-corrected chi connectivity index (χ2v) is 6.82. The average molecular weight is 416 g/mol. The Balaban J connectivity index is 1.74. The number of carbonyl (C=O) groups excluding carboxylic acids is 1. The van der Waals surface area contributed by atoms with Crippen LogP contribution in [0.2, 0.25) is 5.02 Å². The van der Waals surface area contributed by atoms with Gasteiger partial charge >= 0.3 is 0 Å². The molecule has 3 aromatic rings. The van der Waals surface area contributed by atoms with Crippen LogP contribution in [-0.2, 0) is 17.9 Å². The van der Waals surface area contributed by atoms with Gasteiger partial charge in [-0.2, -0.15) is 5.10 Å². The minimum absolute atomic E-state index is 0.174. The molecule has 7 nitrogen and oxygen atoms in total. The van der Waals surface area contributed by atoms with E-state index >= 15 is 0 Å². The van der Waals surface area contributed by atoms with Crippen LogP contribution in [0, 0.1) is 6.92 Å². The zero-order valence-corrected chi connectivity index (χ0v) is 17.2. The summed E-state index contributed by atoms with van der Waals surface area (Å²) in [6.07, 6.45) is 0. The van der Waals surface area contributed by atoms with Gasteiger partial charge in [0.05, 0.1) is 29.8 Å². The Morgan fingerprint density at radius 1 is 1.24 bits per heavy atom. The van der Waals surface area contributed by atoms with E-state index in [0.717, 1.165) is 10.9 Å². The number of hydrogen-bond acceptors (Lipinski definition) is 5. The van der Waals surface area contributed by atoms with Crippen LogP contribution in [0.4, 0.5) is 0 Å². The molecule has 0 aliphatic rings. The molecule has 0 unspecified atom stereocenters. The first-order chi connectivity index (χ1) is 13.9. The number of hydrogen-bond donors (Lipinski definition) is 1. The maximum absolute atomic E-state index is 12.6. The highest BCUT2D eigenvalue weighted by molar-refractivity contribution is 6.32. The summed E-state index contributed by atoms with van der Waals surface area (Å²) in [6.45, 7) is 4.17. The van der Waals surface area contributed by atoms with Gasteiger partial charge in [-0.1, -0.05) is 29.8 Å². The van der Waals surface area contributed by atoms with E-state index in [1.165, 1.54) is 11.8 Å². The zero-order chi connectivity index (χ0) is 21.0. The predicted octanol–water partition coefficient (Wildman–Crippen LogP) is 3.08. The molecule has 2 aromatic carbocycles. The van der Waals surface area contributed by atoms with Crippen LogP contribution >= 0.6 is 11.6 Å². The monoisotopic (exact) mass is 415 g/mol. The van der Waals surface area contributed by atoms with Crippen molar-refractivity contribution >= 4 is 28.3 Å². The SMILES string of the molecule is CCOc1c(Cl)cc(CNC(=O)Cn2nc(C)c3ccccc3c2=O)cc1OC. The van der Waals surface area contributed by atoms with E-state index in [1.807, 2.05) is 26.0 Å². The standard InChI is InChI=1S/C21H22ClN3O4/c1-4-29-20-17(22)9-14(10-18(20)28-3)11-23-19(26)12-25-21(27)16-8-6-5-7-15(16)13(2)24-25/h5-10H,4,11-12H2,1-3H3,(H,23,26). The Kier molecular flexibility index (Phi) is 6.39. The number of nitrogens with zero attached hydrogens (tertiary/aromatic N) is 2. The molecule has 0 aliphatic carbocycles. The summed E-state index contributed by atoms with van der Waals surface area (Å²) in [5.41, 5.74) is 1.14. The normalized spacial score (nSPS) is 10.8. The van der Waals surface area contributed by atoms with Crippen LogP contribution in [0.15, 0.2) is 41.2 Å². The summed E-state index contributed by atoms with van der Waals surface area (Å²) < 4.78 is 12.0. The quantitative estimate of drug-likeness (QED) is 0.641. The summed E-state index contributed by atoms with van der Waals surface area (Å²) >= 11 is 6.26. The summed E-state index contributed by atoms with van der Waals surface area (Å²) in [5, 5.41) is 8.76. The van der Waals surface area contributed by atoms with Crippen LogP contribution in [0.3, 0.4) is 0 Å². The van der Waals surface area contributed by atoms with Gasteiger partial charge in [-0.15, -0.1) is 0 Å². The lowest BCUT2D eigenvalue weighted by atomic mass is 10.1. The van der Waals surface area contributed by atoms with Crippen molar-refractivity contribution in [3.63, 3.8) is 0 Å². The second kappa shape index (κ2) is 8.96. The molecule has 0 aliphatic heterocycles. The van der Waals surface area contributed by atoms with Gasteiger partial charge in [-0.3, -0.25) is 9.59 Å². The number of benzene rings is 2. The average Bonchev–Trinajstić information content (AvgIpc) is 2.72. The van der Waals surface area contributed by atoms with E-state index in [4.69, 9.17) is 21.1 Å². The number of carbonyl (C=O) groups is 1. The maximum Gasteiger partial charge on any atom is 0.275 e. The number of aryl methyl sites for hydroxylation is 1. The van der Waals surface area contributed by atoms with Gasteiger partial charge < -0.3 is 14.8 Å². The number of methoxy groups -OCH3 is 1. The van der Waals surface area contributed by atoms with Gasteiger partial charge in [-0.05, 0) is 37.6 Å². The first kappa shape index (κ1) is 20.7. The molecule has 0 saturated carbocycles. The number of rotatable bonds is 7. The van der Waals surface area contributed by atoms with Crippen molar-refractivity contribution in [1.82, 2.24) is 15.1 Å². The highest BCUT2D eigenvalue weighted by atomic mass is 35.5. The molecule has 0 radical (unpaired) electrons. The fourth-order valence-corrected chi connectivity index (χ4v) is 3.35. The summed E-state index contributed by atoms with van der Waals surface area (Å²) in [6, 6.07) is 10.7. The summed E-state index contributed by atoms with van der Waals surface area (Å²) in [4.78, 5) is 25.0. The Morgan fingerprint density at radius 2 is 1.97 bits per heavy atom. The van der Waals surface area contributed by atoms with Gasteiger partial charge in [0.2, 0.25) is 5.91 Å². The number of halogens is 1. The molecule has 1 amide bonds. The third-order valence-electron chi connectivity index (χ3n) is 4.41. The van der Waals surface area contributed by atoms with Crippen molar-refractivity contribution in [3.8, 4) is 11.5 Å². The molecule has 0 fully saturated rings. The lowest BCUT2D eigenvalue weighted by Crippen LogP contribution is -2.33. The van der Waals surface area contributed by atoms with Crippen molar-refractivity contribution in [2.24, 2.45) is 0 Å². The lowest BCUT2D eigenvalue weighted by Gasteiger charge is -2.14. The van der Waals surface area contributed by atoms with Crippen molar-refractivity contribution in [3.05, 3.63) is 63.0 Å². The first-order valence-corrected chi connectivity index (χ1v) is 9.54. The number of ether oxygens (including phenoxy) is 2. The van der Waals surface area contributed by atoms with Gasteiger partial charge in [0.1, 0.15) is 6.54 Å². The van der Waals surface area contributed by atoms with E-state index < -0.39 is 0 Å². The third kappa shape index (κ3) is 4.51. The number of nitrogens with one attached hydrogen (secondary N) is 1. The van der Waals surface area contributed by atoms with E-state index in [0.29, 0.717) is 34.2 Å². The molecule has 152 valence electrons. The van der Waals surface area contributed by atoms with Gasteiger partial charge in [-0.25, -0.2) is 4.68 Å². The fourth-order valence-electron chi connectivity index (χ4n) is 3.06. The van der Waals surface area contributed by atoms with Crippen molar-refractivity contribution in [2.75, 3.05) is 13.7 Å². The summed E-state index contributed by atoms with van der Waals surface area (Å²) in [7, 11) is 1.52. The van der Waals surface area contributed by atoms with Crippen molar-refractivity contribution in [1.29, 1.82) is 0 Å². The van der Waals surface area contributed by atoms with Crippen LogP contribution in [0.25, 0.3) is 10.8 Å². The minimum atomic E-state index is -0.335. The van der Waals surface area contributed by atoms with Crippen molar-refractivity contribution in [2.45, 2.75) is 26.9 Å². The smallest absolute Gasteiger partial charge is 0.275 e. The topological polar surface area (TPSA) is 82.5 Å². The molecule has 0 bridgehead atoms. The molecule has 1 aromatic heterocycles. The van der Waals surface area contributed by atoms with Crippen LogP contribution in [0.5, 0.6) is 11.5 Å². The first-order valence-electron chi connectivity index (χ1n) is 9.17. The highest BCUT2D eigenvalue weighted by Gasteiger charge is 2.14. The molecule has 1 heterocycles. The molecule has 29 heavy (non-hydrogen) atoms. The number of aromatic nitrogens is 2. The molecular formula is C21H22ClN3O4. The number of fused-ring (bicyclic) bond motifs is 1. The van der Waals surface area contributed by atoms with E-state index in [2.05, 4.69) is 10.4 Å². The largest absolute Gasteiger partial charge is 0.493 e. The molecule has 3 rings (SSSR count). The zero-order valence-electron chi connectivity index (χ0n) is 16.5. The Morgan fingerprint density at radius 3 is 2.66 bits per heavy atom. The minimum Gasteiger partial charge on any atom is -0.493 e. The molecule has 0 saturated heterocycles. The Hall–Kier alpha value is -3.06. The van der Waals surface area contributed by atoms with Crippen LogP contribution in [-0.4, -0.2) is 29.4 Å². The highest BCUT2D eigenvalue weighted by Crippen LogP contribution is 2.36. The second-order valence-electron chi connectivity index (χ2n) is 6.41.